The molecule has 1 amide bonds. The number of amides is 1. The van der Waals surface area contributed by atoms with Gasteiger partial charge in [0.2, 0.25) is 0 Å². The molecular weight excluding hydrogens is 308 g/mol. The first-order valence-electron chi connectivity index (χ1n) is 6.11. The number of halogens is 1. The summed E-state index contributed by atoms with van der Waals surface area (Å²) in [5.41, 5.74) is 1.11. The van der Waals surface area contributed by atoms with Crippen molar-refractivity contribution in [2.45, 2.75) is 0 Å². The van der Waals surface area contributed by atoms with E-state index in [9.17, 15) is 4.79 Å². The molecule has 0 bridgehead atoms. The third-order valence-corrected chi connectivity index (χ3v) is 3.10. The fraction of sp³-hybridized carbons (Fsp3) is 0.0667. The number of rotatable bonds is 3. The van der Waals surface area contributed by atoms with Crippen LogP contribution in [0.4, 0.5) is 5.69 Å². The minimum atomic E-state index is -0.341. The van der Waals surface area contributed by atoms with Gasteiger partial charge < -0.3 is 10.1 Å². The van der Waals surface area contributed by atoms with Gasteiger partial charge in [-0.15, -0.1) is 0 Å². The van der Waals surface area contributed by atoms with Crippen molar-refractivity contribution in [2.75, 3.05) is 12.4 Å². The molecule has 0 aromatic heterocycles. The predicted molar refractivity (Wildman–Crippen MR) is 88.1 cm³/mol. The Morgan fingerprint density at radius 2 is 1.95 bits per heavy atom. The van der Waals surface area contributed by atoms with Gasteiger partial charge in [-0.2, -0.15) is 0 Å². The summed E-state index contributed by atoms with van der Waals surface area (Å²) in [6.07, 6.45) is 0. The molecule has 108 valence electrons. The van der Waals surface area contributed by atoms with Gasteiger partial charge in [0, 0.05) is 10.7 Å². The van der Waals surface area contributed by atoms with Crippen molar-refractivity contribution < 1.29 is 9.53 Å². The van der Waals surface area contributed by atoms with Crippen LogP contribution in [0.25, 0.3) is 0 Å². The second kappa shape index (κ2) is 7.06. The maximum Gasteiger partial charge on any atom is 0.261 e. The average molecular weight is 321 g/mol. The van der Waals surface area contributed by atoms with Gasteiger partial charge in [0.1, 0.15) is 5.75 Å². The largest absolute Gasteiger partial charge is 0.496 e. The molecule has 0 spiro atoms. The summed E-state index contributed by atoms with van der Waals surface area (Å²) < 4.78 is 5.14. The van der Waals surface area contributed by atoms with Gasteiger partial charge in [-0.05, 0) is 42.5 Å². The molecule has 2 rings (SSSR count). The summed E-state index contributed by atoms with van der Waals surface area (Å²) in [6, 6.07) is 14.0. The van der Waals surface area contributed by atoms with Gasteiger partial charge in [0.15, 0.2) is 5.11 Å². The number of anilines is 1. The van der Waals surface area contributed by atoms with Crippen LogP contribution in [0.3, 0.4) is 0 Å². The van der Waals surface area contributed by atoms with E-state index in [-0.39, 0.29) is 11.0 Å². The van der Waals surface area contributed by atoms with Gasteiger partial charge in [-0.3, -0.25) is 10.1 Å². The number of carbonyl (C=O) groups is 1. The molecule has 0 fully saturated rings. The maximum atomic E-state index is 12.1. The Hall–Kier alpha value is -2.11. The Balaban J connectivity index is 2.04. The fourth-order valence-electron chi connectivity index (χ4n) is 1.73. The lowest BCUT2D eigenvalue weighted by Crippen LogP contribution is -2.34. The van der Waals surface area contributed by atoms with Crippen LogP contribution in [0, 0.1) is 0 Å². The summed E-state index contributed by atoms with van der Waals surface area (Å²) >= 11 is 11.0. The molecule has 2 aromatic rings. The summed E-state index contributed by atoms with van der Waals surface area (Å²) in [6.45, 7) is 0. The normalized spacial score (nSPS) is 9.81. The van der Waals surface area contributed by atoms with E-state index < -0.39 is 0 Å². The first-order chi connectivity index (χ1) is 10.1. The first-order valence-corrected chi connectivity index (χ1v) is 6.89. The molecule has 0 unspecified atom stereocenters. The molecule has 2 N–H and O–H groups in total. The van der Waals surface area contributed by atoms with E-state index in [4.69, 9.17) is 28.6 Å². The number of hydrogen-bond donors (Lipinski definition) is 2. The van der Waals surface area contributed by atoms with Crippen LogP contribution in [-0.2, 0) is 0 Å². The van der Waals surface area contributed by atoms with Crippen molar-refractivity contribution in [3.8, 4) is 5.75 Å². The Bertz CT molecular complexity index is 676. The van der Waals surface area contributed by atoms with Crippen molar-refractivity contribution in [2.24, 2.45) is 0 Å². The molecule has 0 heterocycles. The Kier molecular flexibility index (Phi) is 5.14. The highest BCUT2D eigenvalue weighted by Crippen LogP contribution is 2.17. The summed E-state index contributed by atoms with van der Waals surface area (Å²) in [5.74, 6) is 0.146. The van der Waals surface area contributed by atoms with Gasteiger partial charge in [-0.25, -0.2) is 0 Å². The maximum absolute atomic E-state index is 12.1. The van der Waals surface area contributed by atoms with Crippen LogP contribution < -0.4 is 15.4 Å². The lowest BCUT2D eigenvalue weighted by molar-refractivity contribution is 0.0975. The van der Waals surface area contributed by atoms with Crippen LogP contribution in [0.15, 0.2) is 48.5 Å². The molecule has 2 aromatic carbocycles. The zero-order valence-electron chi connectivity index (χ0n) is 11.2. The zero-order valence-corrected chi connectivity index (χ0v) is 12.8. The second-order valence-electron chi connectivity index (χ2n) is 4.12. The fourth-order valence-corrected chi connectivity index (χ4v) is 2.13. The van der Waals surface area contributed by atoms with E-state index in [1.807, 2.05) is 0 Å². The molecule has 4 nitrogen and oxygen atoms in total. The van der Waals surface area contributed by atoms with E-state index in [2.05, 4.69) is 10.6 Å². The van der Waals surface area contributed by atoms with Crippen molar-refractivity contribution in [1.29, 1.82) is 0 Å². The Morgan fingerprint density at radius 1 is 1.19 bits per heavy atom. The van der Waals surface area contributed by atoms with Crippen LogP contribution in [0.5, 0.6) is 5.75 Å². The molecule has 0 radical (unpaired) electrons. The van der Waals surface area contributed by atoms with E-state index in [1.54, 1.807) is 48.5 Å². The van der Waals surface area contributed by atoms with Gasteiger partial charge in [0.25, 0.3) is 5.91 Å². The second-order valence-corrected chi connectivity index (χ2v) is 4.96. The van der Waals surface area contributed by atoms with Gasteiger partial charge in [-0.1, -0.05) is 29.8 Å². The van der Waals surface area contributed by atoms with Crippen LogP contribution >= 0.6 is 23.8 Å². The molecule has 6 heteroatoms. The van der Waals surface area contributed by atoms with Crippen molar-refractivity contribution >= 4 is 40.5 Å². The minimum absolute atomic E-state index is 0.188. The zero-order chi connectivity index (χ0) is 15.2. The van der Waals surface area contributed by atoms with Gasteiger partial charge in [0.05, 0.1) is 12.7 Å². The van der Waals surface area contributed by atoms with Crippen LogP contribution in [0.1, 0.15) is 10.4 Å². The average Bonchev–Trinajstić information content (AvgIpc) is 2.47. The van der Waals surface area contributed by atoms with Crippen molar-refractivity contribution in [3.05, 3.63) is 59.1 Å². The van der Waals surface area contributed by atoms with E-state index in [0.717, 1.165) is 0 Å². The number of benzene rings is 2. The highest BCUT2D eigenvalue weighted by atomic mass is 35.5. The quantitative estimate of drug-likeness (QED) is 0.850. The smallest absolute Gasteiger partial charge is 0.261 e. The molecule has 0 saturated carbocycles. The molecular formula is C15H13ClN2O2S. The van der Waals surface area contributed by atoms with E-state index >= 15 is 0 Å². The number of para-hydroxylation sites is 1. The molecule has 0 aliphatic carbocycles. The topological polar surface area (TPSA) is 50.4 Å². The van der Waals surface area contributed by atoms with Gasteiger partial charge >= 0.3 is 0 Å². The van der Waals surface area contributed by atoms with Crippen molar-refractivity contribution in [3.63, 3.8) is 0 Å². The molecule has 0 aliphatic rings. The SMILES string of the molecule is COc1ccccc1C(=O)NC(=S)Nc1cccc(Cl)c1. The number of ether oxygens (including phenoxy) is 1. The number of nitrogens with one attached hydrogen (secondary N) is 2. The van der Waals surface area contributed by atoms with E-state index in [0.29, 0.717) is 22.0 Å². The lowest BCUT2D eigenvalue weighted by atomic mass is 10.2. The number of hydrogen-bond acceptors (Lipinski definition) is 3. The van der Waals surface area contributed by atoms with Crippen molar-refractivity contribution in [1.82, 2.24) is 5.32 Å². The Morgan fingerprint density at radius 3 is 2.67 bits per heavy atom. The molecule has 0 saturated heterocycles. The standard InChI is InChI=1S/C15H13ClN2O2S/c1-20-13-8-3-2-7-12(13)14(19)18-15(21)17-11-6-4-5-10(16)9-11/h2-9H,1H3,(H2,17,18,19,21). The summed E-state index contributed by atoms with van der Waals surface area (Å²) in [4.78, 5) is 12.1. The van der Waals surface area contributed by atoms with Crippen LogP contribution in [0.2, 0.25) is 5.02 Å². The van der Waals surface area contributed by atoms with Crippen LogP contribution in [-0.4, -0.2) is 18.1 Å². The highest BCUT2D eigenvalue weighted by Gasteiger charge is 2.12. The minimum Gasteiger partial charge on any atom is -0.496 e. The lowest BCUT2D eigenvalue weighted by Gasteiger charge is -2.11. The molecule has 0 aliphatic heterocycles. The highest BCUT2D eigenvalue weighted by molar-refractivity contribution is 7.80. The first kappa shape index (κ1) is 15.3. The predicted octanol–water partition coefficient (Wildman–Crippen LogP) is 3.48. The third kappa shape index (κ3) is 4.18. The summed E-state index contributed by atoms with van der Waals surface area (Å²) in [5, 5.41) is 6.26. The number of methoxy groups -OCH3 is 1. The molecule has 21 heavy (non-hydrogen) atoms. The van der Waals surface area contributed by atoms with E-state index in [1.165, 1.54) is 7.11 Å². The number of thiocarbonyl (C=S) groups is 1. The molecule has 0 atom stereocenters. The third-order valence-electron chi connectivity index (χ3n) is 2.66. The monoisotopic (exact) mass is 320 g/mol. The summed E-state index contributed by atoms with van der Waals surface area (Å²) in [7, 11) is 1.51. The number of carbonyl (C=O) groups excluding carboxylic acids is 1. The Labute approximate surface area is 133 Å².